The van der Waals surface area contributed by atoms with Gasteiger partial charge in [-0.05, 0) is 44.9 Å². The van der Waals surface area contributed by atoms with Crippen LogP contribution in [0.25, 0.3) is 0 Å². The van der Waals surface area contributed by atoms with Gasteiger partial charge < -0.3 is 45.1 Å². The van der Waals surface area contributed by atoms with Gasteiger partial charge in [-0.1, -0.05) is 236 Å². The van der Waals surface area contributed by atoms with Crippen molar-refractivity contribution < 1.29 is 49.3 Å². The van der Waals surface area contributed by atoms with Gasteiger partial charge in [0.25, 0.3) is 0 Å². The van der Waals surface area contributed by atoms with Gasteiger partial charge in [-0.2, -0.15) is 0 Å². The number of hydrogen-bond acceptors (Lipinski definition) is 10. The maximum Gasteiger partial charge on any atom is 0.306 e. The van der Waals surface area contributed by atoms with E-state index in [4.69, 9.17) is 14.2 Å². The maximum absolute atomic E-state index is 13.3. The summed E-state index contributed by atoms with van der Waals surface area (Å²) in [7, 11) is 0. The Morgan fingerprint density at radius 2 is 1.06 bits per heavy atom. The predicted octanol–water partition coefficient (Wildman–Crippen LogP) is 11.9. The van der Waals surface area contributed by atoms with Crippen molar-refractivity contribution in [3.8, 4) is 0 Å². The molecule has 0 aliphatic carbocycles. The number of rotatable bonds is 45. The third-order valence-electron chi connectivity index (χ3n) is 12.8. The second-order valence-electron chi connectivity index (χ2n) is 19.0. The van der Waals surface area contributed by atoms with Crippen molar-refractivity contribution in [3.05, 3.63) is 60.8 Å². The third kappa shape index (κ3) is 33.8. The lowest BCUT2D eigenvalue weighted by atomic mass is 9.99. The Kier molecular flexibility index (Phi) is 42.4. The molecule has 1 fully saturated rings. The molecule has 8 atom stereocenters. The van der Waals surface area contributed by atoms with E-state index in [0.717, 1.165) is 77.0 Å². The first kappa shape index (κ1) is 63.4. The summed E-state index contributed by atoms with van der Waals surface area (Å²) in [5.74, 6) is -1.22. The molecule has 6 N–H and O–H groups in total. The summed E-state index contributed by atoms with van der Waals surface area (Å²) in [6.07, 6.45) is 44.1. The first-order valence-corrected chi connectivity index (χ1v) is 27.6. The fraction of sp³-hybridized carbons (Fsp3) is 0.789. The zero-order chi connectivity index (χ0) is 49.7. The molecule has 0 aromatic heterocycles. The summed E-state index contributed by atoms with van der Waals surface area (Å²) in [6.45, 7) is 5.61. The molecule has 0 aromatic rings. The minimum atomic E-state index is -1.62. The zero-order valence-electron chi connectivity index (χ0n) is 43.2. The number of carbonyl (C=O) groups excluding carboxylic acids is 2. The molecule has 1 heterocycles. The van der Waals surface area contributed by atoms with Gasteiger partial charge in [-0.25, -0.2) is 0 Å². The van der Waals surface area contributed by atoms with Crippen LogP contribution in [0.5, 0.6) is 0 Å². The lowest BCUT2D eigenvalue weighted by Gasteiger charge is -2.41. The highest BCUT2D eigenvalue weighted by Crippen LogP contribution is 2.26. The standard InChI is InChI=1S/C57H101NO10/c1-4-7-10-13-16-19-22-25-26-27-30-33-36-39-42-45-52(62)68-55-54(64)53(63)51(46-59)67-57(55)66-47-48(49(60)43-40-37-34-31-28-23-20-17-14-11-8-5-2)58-56(65)50(61)44-41-38-35-32-29-24-21-18-15-12-9-6-3/h7,10,13,16,19,22,25-26,40,43,48-51,53-55,57,59-61,63-64H,4-6,8-9,11-12,14-15,17-18,20-21,23-24,27-39,41-42,44-47H2,1-3H3,(H,58,65)/b10-7+,16-13+,22-19+,26-25-,43-40+. The number of amides is 1. The molecule has 11 nitrogen and oxygen atoms in total. The minimum absolute atomic E-state index is 0.0967. The maximum atomic E-state index is 13.3. The van der Waals surface area contributed by atoms with Crippen molar-refractivity contribution in [2.75, 3.05) is 13.2 Å². The van der Waals surface area contributed by atoms with Gasteiger partial charge in [0.2, 0.25) is 5.91 Å². The number of allylic oxidation sites excluding steroid dienone is 9. The lowest BCUT2D eigenvalue weighted by Crippen LogP contribution is -2.61. The van der Waals surface area contributed by atoms with Crippen LogP contribution >= 0.6 is 0 Å². The van der Waals surface area contributed by atoms with Gasteiger partial charge >= 0.3 is 5.97 Å². The van der Waals surface area contributed by atoms with E-state index < -0.39 is 67.4 Å². The molecule has 0 saturated carbocycles. The summed E-state index contributed by atoms with van der Waals surface area (Å²) in [5.41, 5.74) is 0. The van der Waals surface area contributed by atoms with Gasteiger partial charge in [-0.15, -0.1) is 0 Å². The quantitative estimate of drug-likeness (QED) is 0.0149. The first-order valence-electron chi connectivity index (χ1n) is 27.6. The van der Waals surface area contributed by atoms with Crippen LogP contribution in [0, 0.1) is 0 Å². The molecular formula is C57H101NO10. The monoisotopic (exact) mass is 960 g/mol. The number of nitrogens with one attached hydrogen (secondary N) is 1. The van der Waals surface area contributed by atoms with Crippen LogP contribution in [0.1, 0.15) is 226 Å². The lowest BCUT2D eigenvalue weighted by molar-refractivity contribution is -0.305. The SMILES string of the molecule is CC/C=C/C=C/C=C/C=C\CCCCCCCC(=O)OC1C(OCC(NC(=O)C(O)CCCCCCCCCCCCCC)C(O)/C=C/CCCCCCCCCCCC)OC(CO)C(O)C1O. The van der Waals surface area contributed by atoms with E-state index in [1.54, 1.807) is 6.08 Å². The smallest absolute Gasteiger partial charge is 0.306 e. The van der Waals surface area contributed by atoms with Gasteiger partial charge in [-0.3, -0.25) is 9.59 Å². The van der Waals surface area contributed by atoms with Crippen LogP contribution in [0.4, 0.5) is 0 Å². The van der Waals surface area contributed by atoms with Crippen LogP contribution in [-0.4, -0.2) is 99.6 Å². The average molecular weight is 960 g/mol. The number of hydrogen-bond donors (Lipinski definition) is 6. The number of aliphatic hydroxyl groups excluding tert-OH is 5. The van der Waals surface area contributed by atoms with Crippen LogP contribution in [0.3, 0.4) is 0 Å². The Morgan fingerprint density at radius 1 is 0.588 bits per heavy atom. The van der Waals surface area contributed by atoms with Gasteiger partial charge in [0, 0.05) is 6.42 Å². The van der Waals surface area contributed by atoms with Crippen molar-refractivity contribution >= 4 is 11.9 Å². The number of esters is 1. The topological polar surface area (TPSA) is 175 Å². The summed E-state index contributed by atoms with van der Waals surface area (Å²) in [5, 5.41) is 56.7. The molecule has 0 spiro atoms. The summed E-state index contributed by atoms with van der Waals surface area (Å²) >= 11 is 0. The fourth-order valence-corrected chi connectivity index (χ4v) is 8.37. The molecule has 8 unspecified atom stereocenters. The summed E-state index contributed by atoms with van der Waals surface area (Å²) in [6, 6.07) is -1.03. The van der Waals surface area contributed by atoms with Crippen molar-refractivity contribution in [1.82, 2.24) is 5.32 Å². The van der Waals surface area contributed by atoms with Crippen LogP contribution in [0.15, 0.2) is 60.8 Å². The van der Waals surface area contributed by atoms with Crippen molar-refractivity contribution in [1.29, 1.82) is 0 Å². The van der Waals surface area contributed by atoms with Crippen molar-refractivity contribution in [2.24, 2.45) is 0 Å². The highest BCUT2D eigenvalue weighted by molar-refractivity contribution is 5.80. The Balaban J connectivity index is 2.77. The van der Waals surface area contributed by atoms with Crippen LogP contribution in [-0.2, 0) is 23.8 Å². The van der Waals surface area contributed by atoms with Crippen LogP contribution in [0.2, 0.25) is 0 Å². The van der Waals surface area contributed by atoms with Crippen molar-refractivity contribution in [2.45, 2.75) is 275 Å². The molecule has 1 aliphatic heterocycles. The molecule has 1 aliphatic rings. The van der Waals surface area contributed by atoms with E-state index >= 15 is 0 Å². The van der Waals surface area contributed by atoms with Gasteiger partial charge in [0.05, 0.1) is 25.4 Å². The van der Waals surface area contributed by atoms with Gasteiger partial charge in [0.1, 0.15) is 24.4 Å². The minimum Gasteiger partial charge on any atom is -0.454 e. The Morgan fingerprint density at radius 3 is 1.59 bits per heavy atom. The normalized spacial score (nSPS) is 20.4. The molecular weight excluding hydrogens is 859 g/mol. The average Bonchev–Trinajstić information content (AvgIpc) is 3.33. The van der Waals surface area contributed by atoms with Gasteiger partial charge in [0.15, 0.2) is 12.4 Å². The van der Waals surface area contributed by atoms with E-state index in [1.807, 2.05) is 42.5 Å². The van der Waals surface area contributed by atoms with E-state index in [1.165, 1.54) is 103 Å². The highest BCUT2D eigenvalue weighted by Gasteiger charge is 2.47. The number of aliphatic hydroxyl groups is 5. The van der Waals surface area contributed by atoms with Crippen molar-refractivity contribution in [3.63, 3.8) is 0 Å². The van der Waals surface area contributed by atoms with Crippen LogP contribution < -0.4 is 5.32 Å². The molecule has 0 aromatic carbocycles. The summed E-state index contributed by atoms with van der Waals surface area (Å²) in [4.78, 5) is 26.4. The molecule has 1 saturated heterocycles. The number of ether oxygens (including phenoxy) is 3. The highest BCUT2D eigenvalue weighted by atomic mass is 16.7. The first-order chi connectivity index (χ1) is 33.2. The second kappa shape index (κ2) is 45.5. The van der Waals surface area contributed by atoms with E-state index in [9.17, 15) is 35.1 Å². The third-order valence-corrected chi connectivity index (χ3v) is 12.8. The Hall–Kier alpha value is -2.64. The summed E-state index contributed by atoms with van der Waals surface area (Å²) < 4.78 is 17.5. The molecule has 11 heteroatoms. The largest absolute Gasteiger partial charge is 0.454 e. The molecule has 0 radical (unpaired) electrons. The Labute approximate surface area is 414 Å². The molecule has 1 rings (SSSR count). The Bertz CT molecular complexity index is 1330. The number of unbranched alkanes of at least 4 members (excludes halogenated alkanes) is 26. The molecule has 0 bridgehead atoms. The molecule has 68 heavy (non-hydrogen) atoms. The zero-order valence-corrected chi connectivity index (χ0v) is 43.2. The fourth-order valence-electron chi connectivity index (χ4n) is 8.37. The second-order valence-corrected chi connectivity index (χ2v) is 19.0. The molecule has 394 valence electrons. The number of carbonyl (C=O) groups is 2. The predicted molar refractivity (Wildman–Crippen MR) is 278 cm³/mol. The van der Waals surface area contributed by atoms with E-state index in [2.05, 4.69) is 38.2 Å². The van der Waals surface area contributed by atoms with E-state index in [0.29, 0.717) is 19.3 Å². The molecule has 1 amide bonds. The van der Waals surface area contributed by atoms with E-state index in [-0.39, 0.29) is 13.0 Å².